The number of fused-ring (bicyclic) bond motifs is 3. The molecule has 3 heterocycles. The van der Waals surface area contributed by atoms with Crippen molar-refractivity contribution in [2.24, 2.45) is 5.92 Å². The van der Waals surface area contributed by atoms with E-state index in [2.05, 4.69) is 10.2 Å². The molecule has 3 fully saturated rings. The van der Waals surface area contributed by atoms with E-state index in [4.69, 9.17) is 34.8 Å². The van der Waals surface area contributed by atoms with Crippen LogP contribution in [0.15, 0.2) is 12.1 Å². The van der Waals surface area contributed by atoms with E-state index in [1.54, 1.807) is 6.07 Å². The maximum atomic E-state index is 6.20. The van der Waals surface area contributed by atoms with Gasteiger partial charge in [-0.05, 0) is 44.0 Å². The molecular weight excluding hydrogens is 291 g/mol. The monoisotopic (exact) mass is 304 g/mol. The summed E-state index contributed by atoms with van der Waals surface area (Å²) in [5.74, 6) is 0.750. The minimum Gasteiger partial charge on any atom is -0.379 e. The van der Waals surface area contributed by atoms with E-state index in [0.29, 0.717) is 21.1 Å². The highest BCUT2D eigenvalue weighted by atomic mass is 35.5. The minimum absolute atomic E-state index is 0.474. The van der Waals surface area contributed by atoms with E-state index in [1.807, 2.05) is 6.07 Å². The molecule has 0 aliphatic carbocycles. The molecule has 0 radical (unpaired) electrons. The first-order valence-corrected chi connectivity index (χ1v) is 7.40. The Morgan fingerprint density at radius 3 is 2.28 bits per heavy atom. The summed E-state index contributed by atoms with van der Waals surface area (Å²) in [6.45, 7) is 3.57. The predicted molar refractivity (Wildman–Crippen MR) is 78.0 cm³/mol. The molecular formula is C13H15Cl3N2. The topological polar surface area (TPSA) is 15.3 Å². The Morgan fingerprint density at radius 2 is 1.67 bits per heavy atom. The zero-order chi connectivity index (χ0) is 12.7. The molecule has 0 aromatic heterocycles. The summed E-state index contributed by atoms with van der Waals surface area (Å²) in [6, 6.07) is 4.00. The van der Waals surface area contributed by atoms with Gasteiger partial charge in [0.15, 0.2) is 0 Å². The van der Waals surface area contributed by atoms with E-state index < -0.39 is 0 Å². The van der Waals surface area contributed by atoms with Gasteiger partial charge < -0.3 is 10.2 Å². The molecule has 5 heteroatoms. The van der Waals surface area contributed by atoms with Gasteiger partial charge in [0.2, 0.25) is 0 Å². The molecule has 98 valence electrons. The van der Waals surface area contributed by atoms with Crippen molar-refractivity contribution in [3.8, 4) is 0 Å². The van der Waals surface area contributed by atoms with Gasteiger partial charge in [0, 0.05) is 12.6 Å². The van der Waals surface area contributed by atoms with E-state index >= 15 is 0 Å². The van der Waals surface area contributed by atoms with Crippen LogP contribution in [0.1, 0.15) is 12.8 Å². The van der Waals surface area contributed by atoms with Crippen LogP contribution >= 0.6 is 34.8 Å². The first-order valence-electron chi connectivity index (χ1n) is 6.27. The van der Waals surface area contributed by atoms with Gasteiger partial charge >= 0.3 is 0 Å². The van der Waals surface area contributed by atoms with Crippen molar-refractivity contribution < 1.29 is 0 Å². The van der Waals surface area contributed by atoms with E-state index in [1.165, 1.54) is 25.9 Å². The molecule has 3 aliphatic heterocycles. The number of halogens is 3. The van der Waals surface area contributed by atoms with Crippen LogP contribution < -0.4 is 5.32 Å². The number of benzene rings is 1. The third-order valence-electron chi connectivity index (χ3n) is 4.01. The summed E-state index contributed by atoms with van der Waals surface area (Å²) in [5, 5.41) is 5.22. The number of piperidine rings is 3. The van der Waals surface area contributed by atoms with Crippen LogP contribution in [0, 0.1) is 5.92 Å². The quantitative estimate of drug-likeness (QED) is 0.826. The molecule has 2 nitrogen and oxygen atoms in total. The molecule has 4 rings (SSSR count). The molecule has 3 aliphatic rings. The van der Waals surface area contributed by atoms with Gasteiger partial charge in [-0.15, -0.1) is 0 Å². The Labute approximate surface area is 122 Å². The second-order valence-corrected chi connectivity index (χ2v) is 6.36. The van der Waals surface area contributed by atoms with Crippen molar-refractivity contribution in [2.75, 3.05) is 25.0 Å². The van der Waals surface area contributed by atoms with Crippen LogP contribution in [0.25, 0.3) is 0 Å². The average Bonchev–Trinajstić information content (AvgIpc) is 2.37. The SMILES string of the molecule is Clc1cc(Cl)c(NC2CN3CCC2CC3)cc1Cl. The normalized spacial score (nSPS) is 30.5. The standard InChI is InChI=1S/C13H15Cl3N2/c14-9-5-11(16)12(6-10(9)15)17-13-7-18-3-1-8(13)2-4-18/h5-6,8,13,17H,1-4,7H2. The molecule has 1 aromatic rings. The highest BCUT2D eigenvalue weighted by Gasteiger charge is 2.34. The van der Waals surface area contributed by atoms with Crippen molar-refractivity contribution in [1.82, 2.24) is 4.90 Å². The van der Waals surface area contributed by atoms with Crippen LogP contribution in [0.3, 0.4) is 0 Å². The van der Waals surface area contributed by atoms with E-state index in [9.17, 15) is 0 Å². The first-order chi connectivity index (χ1) is 8.63. The first kappa shape index (κ1) is 12.9. The molecule has 0 spiro atoms. The fourth-order valence-electron chi connectivity index (χ4n) is 2.96. The van der Waals surface area contributed by atoms with Crippen molar-refractivity contribution in [2.45, 2.75) is 18.9 Å². The molecule has 1 aromatic carbocycles. The highest BCUT2D eigenvalue weighted by Crippen LogP contribution is 2.35. The van der Waals surface area contributed by atoms with Gasteiger partial charge in [0.25, 0.3) is 0 Å². The van der Waals surface area contributed by atoms with E-state index in [0.717, 1.165) is 18.2 Å². The smallest absolute Gasteiger partial charge is 0.0653 e. The number of hydrogen-bond donors (Lipinski definition) is 1. The second kappa shape index (κ2) is 5.09. The summed E-state index contributed by atoms with van der Waals surface area (Å²) in [6.07, 6.45) is 2.55. The van der Waals surface area contributed by atoms with Crippen LogP contribution in [0.2, 0.25) is 15.1 Å². The summed E-state index contributed by atoms with van der Waals surface area (Å²) >= 11 is 18.2. The lowest BCUT2D eigenvalue weighted by Gasteiger charge is -2.45. The van der Waals surface area contributed by atoms with Gasteiger partial charge in [0.1, 0.15) is 0 Å². The fraction of sp³-hybridized carbons (Fsp3) is 0.538. The van der Waals surface area contributed by atoms with Gasteiger partial charge in [-0.1, -0.05) is 34.8 Å². The van der Waals surface area contributed by atoms with Crippen molar-refractivity contribution >= 4 is 40.5 Å². The Bertz CT molecular complexity index is 456. The summed E-state index contributed by atoms with van der Waals surface area (Å²) in [4.78, 5) is 2.50. The third kappa shape index (κ3) is 2.44. The fourth-order valence-corrected chi connectivity index (χ4v) is 3.56. The van der Waals surface area contributed by atoms with Crippen LogP contribution in [0.5, 0.6) is 0 Å². The zero-order valence-corrected chi connectivity index (χ0v) is 12.2. The molecule has 1 unspecified atom stereocenters. The van der Waals surface area contributed by atoms with Crippen LogP contribution in [-0.2, 0) is 0 Å². The van der Waals surface area contributed by atoms with Gasteiger partial charge in [0.05, 0.1) is 20.8 Å². The van der Waals surface area contributed by atoms with Gasteiger partial charge in [-0.2, -0.15) is 0 Å². The second-order valence-electron chi connectivity index (χ2n) is 5.14. The Hall–Kier alpha value is -0.150. The van der Waals surface area contributed by atoms with Gasteiger partial charge in [-0.25, -0.2) is 0 Å². The molecule has 0 saturated carbocycles. The average molecular weight is 306 g/mol. The lowest BCUT2D eigenvalue weighted by molar-refractivity contribution is 0.0975. The maximum absolute atomic E-state index is 6.20. The van der Waals surface area contributed by atoms with E-state index in [-0.39, 0.29) is 0 Å². The van der Waals surface area contributed by atoms with Crippen molar-refractivity contribution in [1.29, 1.82) is 0 Å². The largest absolute Gasteiger partial charge is 0.379 e. The predicted octanol–water partition coefficient (Wildman–Crippen LogP) is 4.15. The molecule has 1 atom stereocenters. The van der Waals surface area contributed by atoms with Gasteiger partial charge in [-0.3, -0.25) is 0 Å². The lowest BCUT2D eigenvalue weighted by Crippen LogP contribution is -2.53. The number of rotatable bonds is 2. The number of anilines is 1. The molecule has 2 bridgehead atoms. The third-order valence-corrected chi connectivity index (χ3v) is 5.04. The Morgan fingerprint density at radius 1 is 1.00 bits per heavy atom. The molecule has 18 heavy (non-hydrogen) atoms. The molecule has 1 N–H and O–H groups in total. The number of nitrogens with zero attached hydrogens (tertiary/aromatic N) is 1. The molecule has 0 amide bonds. The maximum Gasteiger partial charge on any atom is 0.0653 e. The number of hydrogen-bond acceptors (Lipinski definition) is 2. The summed E-state index contributed by atoms with van der Waals surface area (Å²) in [7, 11) is 0. The Kier molecular flexibility index (Phi) is 3.63. The summed E-state index contributed by atoms with van der Waals surface area (Å²) < 4.78 is 0. The Balaban J connectivity index is 1.78. The van der Waals surface area contributed by atoms with Crippen LogP contribution in [0.4, 0.5) is 5.69 Å². The molecule has 3 saturated heterocycles. The highest BCUT2D eigenvalue weighted by molar-refractivity contribution is 6.44. The summed E-state index contributed by atoms with van der Waals surface area (Å²) in [5.41, 5.74) is 0.893. The lowest BCUT2D eigenvalue weighted by atomic mass is 9.84. The van der Waals surface area contributed by atoms with Crippen molar-refractivity contribution in [3.05, 3.63) is 27.2 Å². The zero-order valence-electron chi connectivity index (χ0n) is 9.93. The van der Waals surface area contributed by atoms with Crippen LogP contribution in [-0.4, -0.2) is 30.6 Å². The van der Waals surface area contributed by atoms with Crippen molar-refractivity contribution in [3.63, 3.8) is 0 Å². The minimum atomic E-state index is 0.474. The number of nitrogens with one attached hydrogen (secondary N) is 1.